The zero-order valence-electron chi connectivity index (χ0n) is 10.4. The van der Waals surface area contributed by atoms with E-state index in [1.807, 2.05) is 19.9 Å². The lowest BCUT2D eigenvalue weighted by molar-refractivity contribution is 0.128. The number of aromatic nitrogens is 3. The Morgan fingerprint density at radius 2 is 2.17 bits per heavy atom. The van der Waals surface area contributed by atoms with E-state index in [0.717, 1.165) is 11.1 Å². The van der Waals surface area contributed by atoms with E-state index in [0.29, 0.717) is 24.7 Å². The molecule has 0 radical (unpaired) electrons. The third kappa shape index (κ3) is 3.01. The van der Waals surface area contributed by atoms with Crippen molar-refractivity contribution in [2.75, 3.05) is 6.61 Å². The molecule has 0 unspecified atom stereocenters. The van der Waals surface area contributed by atoms with Crippen LogP contribution in [-0.4, -0.2) is 21.6 Å². The molecule has 0 aliphatic heterocycles. The van der Waals surface area contributed by atoms with Gasteiger partial charge in [-0.1, -0.05) is 0 Å². The number of nitrogens with one attached hydrogen (secondary N) is 1. The summed E-state index contributed by atoms with van der Waals surface area (Å²) in [6.45, 7) is 4.73. The monoisotopic (exact) mass is 245 g/mol. The summed E-state index contributed by atoms with van der Waals surface area (Å²) in [5, 5.41) is 0. The van der Waals surface area contributed by atoms with Crippen LogP contribution in [0.25, 0.3) is 11.3 Å². The van der Waals surface area contributed by atoms with Crippen molar-refractivity contribution in [1.29, 1.82) is 0 Å². The second kappa shape index (κ2) is 5.55. The van der Waals surface area contributed by atoms with Gasteiger partial charge in [-0.15, -0.1) is 0 Å². The predicted octanol–water partition coefficient (Wildman–Crippen LogP) is 1.68. The Hall–Kier alpha value is -2.01. The van der Waals surface area contributed by atoms with Crippen molar-refractivity contribution in [3.05, 3.63) is 46.3 Å². The number of aromatic amines is 1. The lowest BCUT2D eigenvalue weighted by Gasteiger charge is -2.05. The molecular formula is C13H15N3O2. The minimum Gasteiger partial charge on any atom is -0.374 e. The summed E-state index contributed by atoms with van der Waals surface area (Å²) in [7, 11) is 0. The highest BCUT2D eigenvalue weighted by molar-refractivity contribution is 5.57. The van der Waals surface area contributed by atoms with Gasteiger partial charge in [0.25, 0.3) is 5.56 Å². The van der Waals surface area contributed by atoms with Gasteiger partial charge in [0.1, 0.15) is 12.4 Å². The Morgan fingerprint density at radius 3 is 2.89 bits per heavy atom. The van der Waals surface area contributed by atoms with Gasteiger partial charge in [0.05, 0.1) is 5.69 Å². The Kier molecular flexibility index (Phi) is 3.84. The average molecular weight is 245 g/mol. The van der Waals surface area contributed by atoms with Gasteiger partial charge in [-0.2, -0.15) is 0 Å². The van der Waals surface area contributed by atoms with Crippen LogP contribution in [0.3, 0.4) is 0 Å². The lowest BCUT2D eigenvalue weighted by Crippen LogP contribution is -2.12. The van der Waals surface area contributed by atoms with E-state index in [1.54, 1.807) is 12.4 Å². The van der Waals surface area contributed by atoms with Gasteiger partial charge in [-0.3, -0.25) is 9.78 Å². The van der Waals surface area contributed by atoms with Gasteiger partial charge >= 0.3 is 0 Å². The normalized spacial score (nSPS) is 10.6. The summed E-state index contributed by atoms with van der Waals surface area (Å²) < 4.78 is 5.24. The molecule has 2 aromatic heterocycles. The van der Waals surface area contributed by atoms with Crippen LogP contribution in [0.2, 0.25) is 0 Å². The predicted molar refractivity (Wildman–Crippen MR) is 68.2 cm³/mol. The molecule has 0 fully saturated rings. The molecule has 0 aliphatic rings. The molecule has 5 nitrogen and oxygen atoms in total. The summed E-state index contributed by atoms with van der Waals surface area (Å²) in [5.74, 6) is 0.529. The van der Waals surface area contributed by atoms with Crippen LogP contribution in [0.15, 0.2) is 29.3 Å². The molecule has 0 saturated carbocycles. The summed E-state index contributed by atoms with van der Waals surface area (Å²) in [6.07, 6.45) is 3.46. The van der Waals surface area contributed by atoms with E-state index in [2.05, 4.69) is 15.0 Å². The van der Waals surface area contributed by atoms with Crippen LogP contribution in [0.4, 0.5) is 0 Å². The van der Waals surface area contributed by atoms with Gasteiger partial charge < -0.3 is 9.72 Å². The van der Waals surface area contributed by atoms with Crippen LogP contribution in [0, 0.1) is 6.92 Å². The van der Waals surface area contributed by atoms with E-state index >= 15 is 0 Å². The number of nitrogens with zero attached hydrogens (tertiary/aromatic N) is 2. The van der Waals surface area contributed by atoms with Crippen molar-refractivity contribution in [2.24, 2.45) is 0 Å². The summed E-state index contributed by atoms with van der Waals surface area (Å²) in [4.78, 5) is 22.7. The first kappa shape index (κ1) is 12.4. The topological polar surface area (TPSA) is 67.9 Å². The highest BCUT2D eigenvalue weighted by Gasteiger charge is 2.04. The molecule has 94 valence electrons. The molecule has 0 saturated heterocycles. The first-order valence-electron chi connectivity index (χ1n) is 5.79. The molecule has 0 bridgehead atoms. The van der Waals surface area contributed by atoms with Crippen LogP contribution in [0.5, 0.6) is 0 Å². The van der Waals surface area contributed by atoms with Crippen LogP contribution in [0.1, 0.15) is 18.3 Å². The maximum absolute atomic E-state index is 11.6. The van der Waals surface area contributed by atoms with E-state index in [-0.39, 0.29) is 5.56 Å². The molecule has 0 atom stereocenters. The number of rotatable bonds is 4. The third-order valence-electron chi connectivity index (χ3n) is 2.40. The van der Waals surface area contributed by atoms with Gasteiger partial charge in [-0.25, -0.2) is 4.98 Å². The first-order valence-corrected chi connectivity index (χ1v) is 5.79. The quantitative estimate of drug-likeness (QED) is 0.889. The molecule has 0 spiro atoms. The minimum atomic E-state index is -0.184. The molecule has 2 heterocycles. The van der Waals surface area contributed by atoms with Gasteiger partial charge in [0, 0.05) is 30.6 Å². The Morgan fingerprint density at radius 1 is 1.33 bits per heavy atom. The minimum absolute atomic E-state index is 0.184. The second-order valence-electron chi connectivity index (χ2n) is 3.97. The van der Waals surface area contributed by atoms with E-state index in [4.69, 9.17) is 4.74 Å². The van der Waals surface area contributed by atoms with Crippen molar-refractivity contribution in [3.8, 4) is 11.3 Å². The maximum atomic E-state index is 11.6. The lowest BCUT2D eigenvalue weighted by atomic mass is 10.1. The van der Waals surface area contributed by atoms with Crippen molar-refractivity contribution in [3.63, 3.8) is 0 Å². The van der Waals surface area contributed by atoms with Crippen LogP contribution >= 0.6 is 0 Å². The molecule has 0 aliphatic carbocycles. The first-order chi connectivity index (χ1) is 8.69. The van der Waals surface area contributed by atoms with Crippen molar-refractivity contribution in [2.45, 2.75) is 20.5 Å². The fraction of sp³-hybridized carbons (Fsp3) is 0.308. The number of aryl methyl sites for hydroxylation is 1. The molecule has 2 aromatic rings. The van der Waals surface area contributed by atoms with Crippen molar-refractivity contribution < 1.29 is 4.74 Å². The second-order valence-corrected chi connectivity index (χ2v) is 3.97. The number of ether oxygens (including phenoxy) is 1. The van der Waals surface area contributed by atoms with Crippen LogP contribution < -0.4 is 5.56 Å². The SMILES string of the molecule is CCOCc1nc(-c2cncc(C)c2)cc(=O)[nH]1. The summed E-state index contributed by atoms with van der Waals surface area (Å²) >= 11 is 0. The molecule has 18 heavy (non-hydrogen) atoms. The standard InChI is InChI=1S/C13H15N3O2/c1-3-18-8-12-15-11(5-13(17)16-12)10-4-9(2)6-14-7-10/h4-7H,3,8H2,1-2H3,(H,15,16,17). The zero-order valence-corrected chi connectivity index (χ0v) is 10.4. The van der Waals surface area contributed by atoms with Gasteiger partial charge in [0.2, 0.25) is 0 Å². The molecule has 5 heteroatoms. The highest BCUT2D eigenvalue weighted by atomic mass is 16.5. The Labute approximate surface area is 105 Å². The van der Waals surface area contributed by atoms with Crippen molar-refractivity contribution >= 4 is 0 Å². The fourth-order valence-electron chi connectivity index (χ4n) is 1.62. The molecule has 0 amide bonds. The molecule has 1 N–H and O–H groups in total. The van der Waals surface area contributed by atoms with Gasteiger partial charge in [-0.05, 0) is 25.5 Å². The maximum Gasteiger partial charge on any atom is 0.251 e. The number of hydrogen-bond acceptors (Lipinski definition) is 4. The smallest absolute Gasteiger partial charge is 0.251 e. The fourth-order valence-corrected chi connectivity index (χ4v) is 1.62. The van der Waals surface area contributed by atoms with Gasteiger partial charge in [0.15, 0.2) is 0 Å². The summed E-state index contributed by atoms with van der Waals surface area (Å²) in [6, 6.07) is 3.41. The molecule has 0 aromatic carbocycles. The highest BCUT2D eigenvalue weighted by Crippen LogP contribution is 2.15. The largest absolute Gasteiger partial charge is 0.374 e. The summed E-state index contributed by atoms with van der Waals surface area (Å²) in [5.41, 5.74) is 2.29. The molecule has 2 rings (SSSR count). The Balaban J connectivity index is 2.38. The van der Waals surface area contributed by atoms with E-state index in [1.165, 1.54) is 6.07 Å². The number of hydrogen-bond donors (Lipinski definition) is 1. The number of pyridine rings is 1. The van der Waals surface area contributed by atoms with E-state index < -0.39 is 0 Å². The molecular weight excluding hydrogens is 230 g/mol. The average Bonchev–Trinajstić information content (AvgIpc) is 2.36. The zero-order chi connectivity index (χ0) is 13.0. The van der Waals surface area contributed by atoms with Crippen LogP contribution in [-0.2, 0) is 11.3 Å². The van der Waals surface area contributed by atoms with Crippen molar-refractivity contribution in [1.82, 2.24) is 15.0 Å². The van der Waals surface area contributed by atoms with E-state index in [9.17, 15) is 4.79 Å². The number of H-pyrrole nitrogens is 1. The Bertz CT molecular complexity index is 593. The third-order valence-corrected chi connectivity index (χ3v) is 2.40.